The van der Waals surface area contributed by atoms with Crippen molar-refractivity contribution in [3.8, 4) is 6.07 Å². The summed E-state index contributed by atoms with van der Waals surface area (Å²) in [5.41, 5.74) is 4.66. The molecule has 0 atom stereocenters. The van der Waals surface area contributed by atoms with Gasteiger partial charge in [-0.3, -0.25) is 9.69 Å². The Hall–Kier alpha value is -2.64. The molecule has 2 aromatic carbocycles. The molecule has 1 N–H and O–H groups in total. The van der Waals surface area contributed by atoms with Gasteiger partial charge in [0.15, 0.2) is 0 Å². The maximum Gasteiger partial charge on any atom is 0.238 e. The largest absolute Gasteiger partial charge is 0.325 e. The lowest BCUT2D eigenvalue weighted by Crippen LogP contribution is -2.30. The number of hydrogen-bond donors (Lipinski definition) is 1. The van der Waals surface area contributed by atoms with Crippen LogP contribution in [-0.2, 0) is 11.3 Å². The van der Waals surface area contributed by atoms with Gasteiger partial charge < -0.3 is 5.32 Å². The number of benzene rings is 2. The molecule has 0 spiro atoms. The Morgan fingerprint density at radius 1 is 1.17 bits per heavy atom. The third kappa shape index (κ3) is 4.41. The fraction of sp³-hybridized carbons (Fsp3) is 0.263. The molecule has 0 saturated carbocycles. The van der Waals surface area contributed by atoms with Crippen LogP contribution in [0.5, 0.6) is 0 Å². The quantitative estimate of drug-likeness (QED) is 0.922. The summed E-state index contributed by atoms with van der Waals surface area (Å²) < 4.78 is 0. The van der Waals surface area contributed by atoms with E-state index in [9.17, 15) is 4.79 Å². The van der Waals surface area contributed by atoms with Gasteiger partial charge in [-0.15, -0.1) is 0 Å². The Labute approximate surface area is 137 Å². The fourth-order valence-corrected chi connectivity index (χ4v) is 2.44. The summed E-state index contributed by atoms with van der Waals surface area (Å²) in [6.07, 6.45) is 0. The monoisotopic (exact) mass is 307 g/mol. The number of nitrogens with zero attached hydrogens (tertiary/aromatic N) is 2. The molecule has 0 fully saturated rings. The Morgan fingerprint density at radius 3 is 2.65 bits per heavy atom. The van der Waals surface area contributed by atoms with Crippen LogP contribution in [0.2, 0.25) is 0 Å². The number of nitrogens with one attached hydrogen (secondary N) is 1. The first-order chi connectivity index (χ1) is 11.0. The van der Waals surface area contributed by atoms with Gasteiger partial charge in [0.25, 0.3) is 0 Å². The maximum atomic E-state index is 12.2. The van der Waals surface area contributed by atoms with Crippen LogP contribution in [0.1, 0.15) is 22.3 Å². The summed E-state index contributed by atoms with van der Waals surface area (Å²) in [5.74, 6) is -0.0596. The highest BCUT2D eigenvalue weighted by atomic mass is 16.2. The highest BCUT2D eigenvalue weighted by Crippen LogP contribution is 2.18. The molecule has 1 amide bonds. The van der Waals surface area contributed by atoms with E-state index in [1.807, 2.05) is 62.2 Å². The van der Waals surface area contributed by atoms with Gasteiger partial charge in [-0.2, -0.15) is 5.26 Å². The molecule has 0 aromatic heterocycles. The van der Waals surface area contributed by atoms with Gasteiger partial charge in [0.05, 0.1) is 18.2 Å². The zero-order chi connectivity index (χ0) is 16.8. The molecule has 0 heterocycles. The van der Waals surface area contributed by atoms with E-state index in [0.29, 0.717) is 12.1 Å². The van der Waals surface area contributed by atoms with E-state index >= 15 is 0 Å². The number of amides is 1. The van der Waals surface area contributed by atoms with E-state index in [4.69, 9.17) is 5.26 Å². The van der Waals surface area contributed by atoms with Gasteiger partial charge in [0.2, 0.25) is 5.91 Å². The zero-order valence-electron chi connectivity index (χ0n) is 13.8. The molecule has 23 heavy (non-hydrogen) atoms. The first-order valence-corrected chi connectivity index (χ1v) is 7.54. The number of hydrogen-bond acceptors (Lipinski definition) is 3. The van der Waals surface area contributed by atoms with Crippen LogP contribution >= 0.6 is 0 Å². The topological polar surface area (TPSA) is 56.1 Å². The van der Waals surface area contributed by atoms with Gasteiger partial charge >= 0.3 is 0 Å². The van der Waals surface area contributed by atoms with Crippen LogP contribution in [0, 0.1) is 25.2 Å². The Morgan fingerprint density at radius 2 is 1.91 bits per heavy atom. The number of likely N-dealkylation sites (N-methyl/N-ethyl adjacent to an activating group) is 1. The van der Waals surface area contributed by atoms with Crippen molar-refractivity contribution >= 4 is 11.6 Å². The molecule has 0 unspecified atom stereocenters. The molecule has 0 saturated heterocycles. The SMILES string of the molecule is Cc1cccc(NC(=O)CN(C)Cc2ccccc2C#N)c1C. The fourth-order valence-electron chi connectivity index (χ4n) is 2.44. The third-order valence-corrected chi connectivity index (χ3v) is 3.87. The van der Waals surface area contributed by atoms with Gasteiger partial charge in [0, 0.05) is 12.2 Å². The lowest BCUT2D eigenvalue weighted by Gasteiger charge is -2.18. The summed E-state index contributed by atoms with van der Waals surface area (Å²) in [6, 6.07) is 15.5. The number of aryl methyl sites for hydroxylation is 1. The normalized spacial score (nSPS) is 10.4. The number of carbonyl (C=O) groups excluding carboxylic acids is 1. The number of anilines is 1. The van der Waals surface area contributed by atoms with E-state index in [1.54, 1.807) is 6.07 Å². The molecule has 2 aromatic rings. The van der Waals surface area contributed by atoms with Crippen LogP contribution in [0.4, 0.5) is 5.69 Å². The van der Waals surface area contributed by atoms with Gasteiger partial charge in [-0.25, -0.2) is 0 Å². The molecular weight excluding hydrogens is 286 g/mol. The minimum atomic E-state index is -0.0596. The van der Waals surface area contributed by atoms with Crippen molar-refractivity contribution < 1.29 is 4.79 Å². The van der Waals surface area contributed by atoms with Crippen molar-refractivity contribution in [2.75, 3.05) is 18.9 Å². The minimum absolute atomic E-state index is 0.0596. The predicted molar refractivity (Wildman–Crippen MR) is 92.0 cm³/mol. The summed E-state index contributed by atoms with van der Waals surface area (Å²) in [6.45, 7) is 4.85. The summed E-state index contributed by atoms with van der Waals surface area (Å²) in [7, 11) is 1.87. The standard InChI is InChI=1S/C19H21N3O/c1-14-7-6-10-18(15(14)2)21-19(23)13-22(3)12-17-9-5-4-8-16(17)11-20/h4-10H,12-13H2,1-3H3,(H,21,23). The van der Waals surface area contributed by atoms with Gasteiger partial charge in [-0.05, 0) is 49.7 Å². The maximum absolute atomic E-state index is 12.2. The Balaban J connectivity index is 1.97. The summed E-state index contributed by atoms with van der Waals surface area (Å²) in [4.78, 5) is 14.1. The van der Waals surface area contributed by atoms with Crippen LogP contribution in [0.3, 0.4) is 0 Å². The van der Waals surface area contributed by atoms with Gasteiger partial charge in [0.1, 0.15) is 0 Å². The van der Waals surface area contributed by atoms with E-state index in [1.165, 1.54) is 0 Å². The number of carbonyl (C=O) groups is 1. The predicted octanol–water partition coefficient (Wildman–Crippen LogP) is 3.25. The van der Waals surface area contributed by atoms with E-state index in [2.05, 4.69) is 11.4 Å². The van der Waals surface area contributed by atoms with E-state index in [0.717, 1.165) is 22.4 Å². The van der Waals surface area contributed by atoms with Gasteiger partial charge in [-0.1, -0.05) is 30.3 Å². The molecule has 0 radical (unpaired) electrons. The van der Waals surface area contributed by atoms with Crippen molar-refractivity contribution in [2.45, 2.75) is 20.4 Å². The highest BCUT2D eigenvalue weighted by molar-refractivity contribution is 5.93. The van der Waals surface area contributed by atoms with Crippen LogP contribution in [-0.4, -0.2) is 24.4 Å². The average Bonchev–Trinajstić information content (AvgIpc) is 2.52. The molecule has 118 valence electrons. The second kappa shape index (κ2) is 7.57. The average molecular weight is 307 g/mol. The molecule has 4 nitrogen and oxygen atoms in total. The lowest BCUT2D eigenvalue weighted by atomic mass is 10.1. The second-order valence-electron chi connectivity index (χ2n) is 5.74. The van der Waals surface area contributed by atoms with Crippen molar-refractivity contribution in [3.05, 3.63) is 64.7 Å². The lowest BCUT2D eigenvalue weighted by molar-refractivity contribution is -0.117. The van der Waals surface area contributed by atoms with Crippen molar-refractivity contribution in [1.29, 1.82) is 5.26 Å². The van der Waals surface area contributed by atoms with Crippen molar-refractivity contribution in [3.63, 3.8) is 0 Å². The molecule has 4 heteroatoms. The molecular formula is C19H21N3O. The first-order valence-electron chi connectivity index (χ1n) is 7.54. The number of nitriles is 1. The van der Waals surface area contributed by atoms with E-state index in [-0.39, 0.29) is 12.5 Å². The molecule has 2 rings (SSSR count). The number of rotatable bonds is 5. The summed E-state index contributed by atoms with van der Waals surface area (Å²) in [5, 5.41) is 12.1. The van der Waals surface area contributed by atoms with Crippen LogP contribution < -0.4 is 5.32 Å². The molecule has 0 aliphatic heterocycles. The van der Waals surface area contributed by atoms with Crippen molar-refractivity contribution in [1.82, 2.24) is 4.90 Å². The molecule has 0 bridgehead atoms. The second-order valence-corrected chi connectivity index (χ2v) is 5.74. The smallest absolute Gasteiger partial charge is 0.238 e. The summed E-state index contributed by atoms with van der Waals surface area (Å²) >= 11 is 0. The third-order valence-electron chi connectivity index (χ3n) is 3.87. The molecule has 0 aliphatic carbocycles. The zero-order valence-corrected chi connectivity index (χ0v) is 13.8. The Kier molecular flexibility index (Phi) is 5.51. The Bertz CT molecular complexity index is 747. The van der Waals surface area contributed by atoms with Crippen LogP contribution in [0.25, 0.3) is 0 Å². The first kappa shape index (κ1) is 16.7. The van der Waals surface area contributed by atoms with Crippen molar-refractivity contribution in [2.24, 2.45) is 0 Å². The minimum Gasteiger partial charge on any atom is -0.325 e. The highest BCUT2D eigenvalue weighted by Gasteiger charge is 2.11. The van der Waals surface area contributed by atoms with E-state index < -0.39 is 0 Å². The molecule has 0 aliphatic rings. The van der Waals surface area contributed by atoms with Crippen LogP contribution in [0.15, 0.2) is 42.5 Å².